The molecular weight excluding hydrogens is 164 g/mol. The fraction of sp³-hybridized carbons (Fsp3) is 0.300. The van der Waals surface area contributed by atoms with E-state index in [9.17, 15) is 4.79 Å². The van der Waals surface area contributed by atoms with Gasteiger partial charge in [-0.1, -0.05) is 13.0 Å². The Morgan fingerprint density at radius 1 is 1.54 bits per heavy atom. The predicted octanol–water partition coefficient (Wildman–Crippen LogP) is 1.19. The summed E-state index contributed by atoms with van der Waals surface area (Å²) in [6, 6.07) is 5.38. The number of rotatable bonds is 2. The second-order valence-electron chi connectivity index (χ2n) is 2.85. The highest BCUT2D eigenvalue weighted by Crippen LogP contribution is 2.14. The molecule has 70 valence electrons. The van der Waals surface area contributed by atoms with E-state index in [2.05, 4.69) is 5.32 Å². The van der Waals surface area contributed by atoms with E-state index in [0.717, 1.165) is 12.0 Å². The Balaban J connectivity index is 3.02. The number of nitrogens with one attached hydrogen (secondary N) is 1. The van der Waals surface area contributed by atoms with Crippen LogP contribution in [-0.2, 0) is 6.42 Å². The lowest BCUT2D eigenvalue weighted by Crippen LogP contribution is -2.18. The van der Waals surface area contributed by atoms with E-state index in [1.165, 1.54) is 0 Å². The van der Waals surface area contributed by atoms with E-state index in [-0.39, 0.29) is 5.91 Å². The minimum Gasteiger partial charge on any atom is -0.398 e. The van der Waals surface area contributed by atoms with Crippen LogP contribution in [-0.4, -0.2) is 13.0 Å². The Morgan fingerprint density at radius 2 is 2.23 bits per heavy atom. The molecule has 13 heavy (non-hydrogen) atoms. The van der Waals surface area contributed by atoms with Crippen molar-refractivity contribution in [3.05, 3.63) is 29.3 Å². The molecule has 3 nitrogen and oxygen atoms in total. The summed E-state index contributed by atoms with van der Waals surface area (Å²) in [5.41, 5.74) is 8.11. The Bertz CT molecular complexity index is 321. The molecule has 1 aromatic rings. The topological polar surface area (TPSA) is 55.1 Å². The van der Waals surface area contributed by atoms with Crippen molar-refractivity contribution >= 4 is 11.6 Å². The molecular formula is C10H14N2O. The van der Waals surface area contributed by atoms with Crippen LogP contribution >= 0.6 is 0 Å². The Hall–Kier alpha value is -1.51. The standard InChI is InChI=1S/C10H14N2O/c1-3-7-4-5-8(6-9(7)11)10(13)12-2/h4-6H,3,11H2,1-2H3,(H,12,13). The summed E-state index contributed by atoms with van der Waals surface area (Å²) in [6.45, 7) is 2.03. The highest BCUT2D eigenvalue weighted by Gasteiger charge is 2.04. The fourth-order valence-electron chi connectivity index (χ4n) is 1.20. The summed E-state index contributed by atoms with van der Waals surface area (Å²) >= 11 is 0. The number of hydrogen-bond donors (Lipinski definition) is 2. The monoisotopic (exact) mass is 178 g/mol. The maximum absolute atomic E-state index is 11.2. The van der Waals surface area contributed by atoms with Crippen LogP contribution < -0.4 is 11.1 Å². The normalized spacial score (nSPS) is 9.69. The van der Waals surface area contributed by atoms with Crippen LogP contribution in [0.4, 0.5) is 5.69 Å². The van der Waals surface area contributed by atoms with Gasteiger partial charge in [0.05, 0.1) is 0 Å². The average Bonchev–Trinajstić information content (AvgIpc) is 2.16. The maximum Gasteiger partial charge on any atom is 0.251 e. The van der Waals surface area contributed by atoms with Gasteiger partial charge in [0.15, 0.2) is 0 Å². The van der Waals surface area contributed by atoms with Crippen molar-refractivity contribution < 1.29 is 4.79 Å². The van der Waals surface area contributed by atoms with E-state index in [1.54, 1.807) is 19.2 Å². The Kier molecular flexibility index (Phi) is 2.90. The van der Waals surface area contributed by atoms with Gasteiger partial charge in [-0.25, -0.2) is 0 Å². The average molecular weight is 178 g/mol. The molecule has 0 unspecified atom stereocenters. The van der Waals surface area contributed by atoms with Crippen LogP contribution in [0.25, 0.3) is 0 Å². The van der Waals surface area contributed by atoms with E-state index >= 15 is 0 Å². The van der Waals surface area contributed by atoms with E-state index < -0.39 is 0 Å². The summed E-state index contributed by atoms with van der Waals surface area (Å²) in [5, 5.41) is 2.55. The lowest BCUT2D eigenvalue weighted by molar-refractivity contribution is 0.0963. The fourth-order valence-corrected chi connectivity index (χ4v) is 1.20. The zero-order chi connectivity index (χ0) is 9.84. The third-order valence-electron chi connectivity index (χ3n) is 2.02. The molecule has 0 saturated carbocycles. The summed E-state index contributed by atoms with van der Waals surface area (Å²) in [7, 11) is 1.60. The number of carbonyl (C=O) groups is 1. The molecule has 0 saturated heterocycles. The van der Waals surface area contributed by atoms with Crippen molar-refractivity contribution in [2.24, 2.45) is 0 Å². The van der Waals surface area contributed by atoms with Crippen molar-refractivity contribution in [3.8, 4) is 0 Å². The summed E-state index contributed by atoms with van der Waals surface area (Å²) < 4.78 is 0. The smallest absolute Gasteiger partial charge is 0.251 e. The van der Waals surface area contributed by atoms with Gasteiger partial charge in [-0.15, -0.1) is 0 Å². The predicted molar refractivity (Wildman–Crippen MR) is 53.6 cm³/mol. The largest absolute Gasteiger partial charge is 0.398 e. The van der Waals surface area contributed by atoms with Crippen LogP contribution in [0.1, 0.15) is 22.8 Å². The summed E-state index contributed by atoms with van der Waals surface area (Å²) in [4.78, 5) is 11.2. The summed E-state index contributed by atoms with van der Waals surface area (Å²) in [5.74, 6) is -0.102. The number of hydrogen-bond acceptors (Lipinski definition) is 2. The molecule has 1 aromatic carbocycles. The molecule has 0 aliphatic heterocycles. The van der Waals surface area contributed by atoms with E-state index in [4.69, 9.17) is 5.73 Å². The molecule has 0 fully saturated rings. The highest BCUT2D eigenvalue weighted by molar-refractivity contribution is 5.95. The van der Waals surface area contributed by atoms with E-state index in [1.807, 2.05) is 13.0 Å². The van der Waals surface area contributed by atoms with Gasteiger partial charge in [0.1, 0.15) is 0 Å². The zero-order valence-electron chi connectivity index (χ0n) is 7.92. The molecule has 0 radical (unpaired) electrons. The van der Waals surface area contributed by atoms with Crippen LogP contribution in [0.15, 0.2) is 18.2 Å². The zero-order valence-corrected chi connectivity index (χ0v) is 7.92. The number of benzene rings is 1. The molecule has 0 spiro atoms. The molecule has 1 rings (SSSR count). The first-order valence-corrected chi connectivity index (χ1v) is 4.29. The molecule has 0 heterocycles. The van der Waals surface area contributed by atoms with Gasteiger partial charge in [-0.05, 0) is 24.1 Å². The first-order chi connectivity index (χ1) is 6.19. The van der Waals surface area contributed by atoms with Crippen molar-refractivity contribution in [1.82, 2.24) is 5.32 Å². The van der Waals surface area contributed by atoms with Crippen LogP contribution in [0, 0.1) is 0 Å². The Labute approximate surface area is 77.9 Å². The molecule has 0 aliphatic rings. The highest BCUT2D eigenvalue weighted by atomic mass is 16.1. The van der Waals surface area contributed by atoms with Crippen molar-refractivity contribution in [3.63, 3.8) is 0 Å². The molecule has 0 aliphatic carbocycles. The van der Waals surface area contributed by atoms with Crippen LogP contribution in [0.2, 0.25) is 0 Å². The minimum atomic E-state index is -0.102. The maximum atomic E-state index is 11.2. The van der Waals surface area contributed by atoms with Gasteiger partial charge in [0, 0.05) is 18.3 Å². The van der Waals surface area contributed by atoms with Gasteiger partial charge >= 0.3 is 0 Å². The van der Waals surface area contributed by atoms with Gasteiger partial charge in [0.25, 0.3) is 5.91 Å². The van der Waals surface area contributed by atoms with Gasteiger partial charge < -0.3 is 11.1 Å². The lowest BCUT2D eigenvalue weighted by atomic mass is 10.1. The molecule has 1 amide bonds. The lowest BCUT2D eigenvalue weighted by Gasteiger charge is -2.05. The van der Waals surface area contributed by atoms with Gasteiger partial charge in [-0.3, -0.25) is 4.79 Å². The molecule has 3 heteroatoms. The van der Waals surface area contributed by atoms with Gasteiger partial charge in [-0.2, -0.15) is 0 Å². The third-order valence-corrected chi connectivity index (χ3v) is 2.02. The van der Waals surface area contributed by atoms with Crippen molar-refractivity contribution in [2.75, 3.05) is 12.8 Å². The number of nitrogen functional groups attached to an aromatic ring is 1. The van der Waals surface area contributed by atoms with Crippen molar-refractivity contribution in [2.45, 2.75) is 13.3 Å². The quantitative estimate of drug-likeness (QED) is 0.668. The number of anilines is 1. The SMILES string of the molecule is CCc1ccc(C(=O)NC)cc1N. The molecule has 0 atom stereocenters. The van der Waals surface area contributed by atoms with Gasteiger partial charge in [0.2, 0.25) is 0 Å². The Morgan fingerprint density at radius 3 is 2.69 bits per heavy atom. The van der Waals surface area contributed by atoms with Crippen LogP contribution in [0.5, 0.6) is 0 Å². The van der Waals surface area contributed by atoms with E-state index in [0.29, 0.717) is 11.3 Å². The minimum absolute atomic E-state index is 0.102. The number of amides is 1. The second kappa shape index (κ2) is 3.94. The third kappa shape index (κ3) is 1.99. The van der Waals surface area contributed by atoms with Crippen molar-refractivity contribution in [1.29, 1.82) is 0 Å². The van der Waals surface area contributed by atoms with Crippen LogP contribution in [0.3, 0.4) is 0 Å². The number of nitrogens with two attached hydrogens (primary N) is 1. The summed E-state index contributed by atoms with van der Waals surface area (Å²) in [6.07, 6.45) is 0.889. The number of carbonyl (C=O) groups excluding carboxylic acids is 1. The number of aryl methyl sites for hydroxylation is 1. The molecule has 0 aromatic heterocycles. The molecule has 0 bridgehead atoms. The second-order valence-corrected chi connectivity index (χ2v) is 2.85. The first-order valence-electron chi connectivity index (χ1n) is 4.29. The first kappa shape index (κ1) is 9.58. The molecule has 3 N–H and O–H groups in total.